The number of para-hydroxylation sites is 1. The fourth-order valence-electron chi connectivity index (χ4n) is 5.40. The first-order chi connectivity index (χ1) is 15.5. The van der Waals surface area contributed by atoms with Gasteiger partial charge in [0.15, 0.2) is 0 Å². The van der Waals surface area contributed by atoms with Gasteiger partial charge in [-0.2, -0.15) is 0 Å². The van der Waals surface area contributed by atoms with Crippen LogP contribution >= 0.6 is 0 Å². The van der Waals surface area contributed by atoms with Gasteiger partial charge in [0.2, 0.25) is 0 Å². The van der Waals surface area contributed by atoms with Crippen LogP contribution in [0.25, 0.3) is 44.2 Å². The molecule has 4 aromatic carbocycles. The van der Waals surface area contributed by atoms with Crippen LogP contribution in [-0.4, -0.2) is 4.57 Å². The van der Waals surface area contributed by atoms with Gasteiger partial charge in [-0.15, -0.1) is 0 Å². The molecule has 0 unspecified atom stereocenters. The average molecular weight is 412 g/mol. The zero-order chi connectivity index (χ0) is 22.0. The molecule has 1 heterocycles. The Kier molecular flexibility index (Phi) is 3.88. The standard InChI is InChI=1S/C31H25N/c1-5-20(2)21-11-10-12-22(17-21)32-29-16-9-7-14-24(29)26-18-25-23-13-6-8-15-27(23)31(3,4)28(25)19-30(26)32/h5-19H,1-2H2,3-4H3. The number of fused-ring (bicyclic) bond motifs is 6. The third kappa shape index (κ3) is 2.45. The van der Waals surface area contributed by atoms with E-state index < -0.39 is 0 Å². The Morgan fingerprint density at radius 1 is 0.750 bits per heavy atom. The van der Waals surface area contributed by atoms with Crippen LogP contribution in [0.5, 0.6) is 0 Å². The fraction of sp³-hybridized carbons (Fsp3) is 0.0968. The van der Waals surface area contributed by atoms with Crippen LogP contribution in [0.3, 0.4) is 0 Å². The van der Waals surface area contributed by atoms with Crippen LogP contribution in [-0.2, 0) is 5.41 Å². The lowest BCUT2D eigenvalue weighted by Crippen LogP contribution is -2.14. The molecule has 154 valence electrons. The Balaban J connectivity index is 1.72. The van der Waals surface area contributed by atoms with Crippen molar-refractivity contribution in [2.24, 2.45) is 0 Å². The zero-order valence-electron chi connectivity index (χ0n) is 18.5. The lowest BCUT2D eigenvalue weighted by molar-refractivity contribution is 0.661. The van der Waals surface area contributed by atoms with Crippen molar-refractivity contribution in [2.75, 3.05) is 0 Å². The van der Waals surface area contributed by atoms with Crippen molar-refractivity contribution >= 4 is 27.4 Å². The normalized spacial score (nSPS) is 13.8. The van der Waals surface area contributed by atoms with Gasteiger partial charge in [-0.25, -0.2) is 0 Å². The molecule has 0 amide bonds. The molecule has 1 aliphatic rings. The Hall–Kier alpha value is -3.84. The second kappa shape index (κ2) is 6.58. The third-order valence-electron chi connectivity index (χ3n) is 7.10. The lowest BCUT2D eigenvalue weighted by atomic mass is 9.82. The summed E-state index contributed by atoms with van der Waals surface area (Å²) >= 11 is 0. The number of allylic oxidation sites excluding steroid dienone is 2. The molecule has 0 aliphatic heterocycles. The number of nitrogens with zero attached hydrogens (tertiary/aromatic N) is 1. The van der Waals surface area contributed by atoms with E-state index in [1.54, 1.807) is 0 Å². The second-order valence-corrected chi connectivity index (χ2v) is 9.22. The second-order valence-electron chi connectivity index (χ2n) is 9.22. The molecule has 0 saturated carbocycles. The molecule has 1 heteroatoms. The Morgan fingerprint density at radius 2 is 1.53 bits per heavy atom. The van der Waals surface area contributed by atoms with E-state index in [0.717, 1.165) is 16.8 Å². The highest BCUT2D eigenvalue weighted by Crippen LogP contribution is 2.50. The summed E-state index contributed by atoms with van der Waals surface area (Å²) in [6.07, 6.45) is 1.82. The first kappa shape index (κ1) is 18.9. The Bertz CT molecular complexity index is 1580. The molecule has 0 saturated heterocycles. The van der Waals surface area contributed by atoms with Gasteiger partial charge in [-0.05, 0) is 63.7 Å². The molecule has 0 spiro atoms. The van der Waals surface area contributed by atoms with Crippen molar-refractivity contribution in [3.8, 4) is 16.8 Å². The largest absolute Gasteiger partial charge is 0.309 e. The molecule has 0 bridgehead atoms. The highest BCUT2D eigenvalue weighted by molar-refractivity contribution is 6.11. The van der Waals surface area contributed by atoms with Crippen LogP contribution in [0.2, 0.25) is 0 Å². The molecule has 0 N–H and O–H groups in total. The molecule has 0 radical (unpaired) electrons. The van der Waals surface area contributed by atoms with Crippen molar-refractivity contribution in [2.45, 2.75) is 19.3 Å². The van der Waals surface area contributed by atoms with E-state index in [0.29, 0.717) is 0 Å². The molecule has 0 fully saturated rings. The molecule has 0 atom stereocenters. The lowest BCUT2D eigenvalue weighted by Gasteiger charge is -2.21. The van der Waals surface area contributed by atoms with E-state index in [4.69, 9.17) is 0 Å². The SMILES string of the molecule is C=CC(=C)c1cccc(-n2c3ccccc3c3cc4c(cc32)C(C)(C)c2ccccc2-4)c1. The van der Waals surface area contributed by atoms with Crippen molar-refractivity contribution in [3.63, 3.8) is 0 Å². The third-order valence-corrected chi connectivity index (χ3v) is 7.10. The molecular formula is C31H25N. The number of benzene rings is 4. The van der Waals surface area contributed by atoms with E-state index in [9.17, 15) is 0 Å². The first-order valence-electron chi connectivity index (χ1n) is 11.1. The molecule has 1 aliphatic carbocycles. The van der Waals surface area contributed by atoms with Crippen LogP contribution in [0.1, 0.15) is 30.5 Å². The smallest absolute Gasteiger partial charge is 0.0544 e. The van der Waals surface area contributed by atoms with Gasteiger partial charge < -0.3 is 4.57 Å². The summed E-state index contributed by atoms with van der Waals surface area (Å²) < 4.78 is 2.39. The fourth-order valence-corrected chi connectivity index (χ4v) is 5.40. The molecule has 5 aromatic rings. The first-order valence-corrected chi connectivity index (χ1v) is 11.1. The summed E-state index contributed by atoms with van der Waals surface area (Å²) in [6, 6.07) is 31.0. The van der Waals surface area contributed by atoms with Crippen molar-refractivity contribution < 1.29 is 0 Å². The van der Waals surface area contributed by atoms with E-state index in [1.807, 2.05) is 6.08 Å². The topological polar surface area (TPSA) is 4.93 Å². The van der Waals surface area contributed by atoms with Crippen LogP contribution in [0.15, 0.2) is 104 Å². The van der Waals surface area contributed by atoms with E-state index in [1.165, 1.54) is 44.1 Å². The average Bonchev–Trinajstić information content (AvgIpc) is 3.27. The molecule has 1 aromatic heterocycles. The predicted octanol–water partition coefficient (Wildman–Crippen LogP) is 8.29. The van der Waals surface area contributed by atoms with E-state index in [-0.39, 0.29) is 5.41 Å². The van der Waals surface area contributed by atoms with Crippen molar-refractivity contribution in [3.05, 3.63) is 121 Å². The maximum Gasteiger partial charge on any atom is 0.0544 e. The summed E-state index contributed by atoms with van der Waals surface area (Å²) in [7, 11) is 0. The summed E-state index contributed by atoms with van der Waals surface area (Å²) in [5.74, 6) is 0. The van der Waals surface area contributed by atoms with Crippen LogP contribution < -0.4 is 0 Å². The maximum atomic E-state index is 4.15. The summed E-state index contributed by atoms with van der Waals surface area (Å²) in [4.78, 5) is 0. The van der Waals surface area contributed by atoms with E-state index >= 15 is 0 Å². The minimum Gasteiger partial charge on any atom is -0.309 e. The van der Waals surface area contributed by atoms with Crippen LogP contribution in [0.4, 0.5) is 0 Å². The van der Waals surface area contributed by atoms with Crippen molar-refractivity contribution in [1.82, 2.24) is 4.57 Å². The van der Waals surface area contributed by atoms with Gasteiger partial charge >= 0.3 is 0 Å². The highest BCUT2D eigenvalue weighted by atomic mass is 15.0. The number of hydrogen-bond acceptors (Lipinski definition) is 0. The Morgan fingerprint density at radius 3 is 2.38 bits per heavy atom. The minimum atomic E-state index is -0.0274. The molecular weight excluding hydrogens is 386 g/mol. The molecule has 6 rings (SSSR count). The van der Waals surface area contributed by atoms with Gasteiger partial charge in [-0.1, -0.05) is 87.7 Å². The van der Waals surface area contributed by atoms with Gasteiger partial charge in [0.05, 0.1) is 11.0 Å². The maximum absolute atomic E-state index is 4.15. The Labute approximate surface area is 188 Å². The summed E-state index contributed by atoms with van der Waals surface area (Å²) in [5, 5.41) is 2.57. The van der Waals surface area contributed by atoms with Gasteiger partial charge in [0.1, 0.15) is 0 Å². The van der Waals surface area contributed by atoms with Gasteiger partial charge in [0.25, 0.3) is 0 Å². The van der Waals surface area contributed by atoms with Crippen LogP contribution in [0, 0.1) is 0 Å². The number of hydrogen-bond donors (Lipinski definition) is 0. The van der Waals surface area contributed by atoms with Gasteiger partial charge in [0, 0.05) is 21.9 Å². The van der Waals surface area contributed by atoms with E-state index in [2.05, 4.69) is 117 Å². The zero-order valence-corrected chi connectivity index (χ0v) is 18.5. The van der Waals surface area contributed by atoms with Gasteiger partial charge in [-0.3, -0.25) is 0 Å². The molecule has 32 heavy (non-hydrogen) atoms. The minimum absolute atomic E-state index is 0.0274. The quantitative estimate of drug-likeness (QED) is 0.263. The highest BCUT2D eigenvalue weighted by Gasteiger charge is 2.36. The predicted molar refractivity (Wildman–Crippen MR) is 138 cm³/mol. The summed E-state index contributed by atoms with van der Waals surface area (Å²) in [6.45, 7) is 12.7. The summed E-state index contributed by atoms with van der Waals surface area (Å²) in [5.41, 5.74) is 11.1. The van der Waals surface area contributed by atoms with Crippen molar-refractivity contribution in [1.29, 1.82) is 0 Å². The number of rotatable bonds is 3. The number of aromatic nitrogens is 1. The molecule has 1 nitrogen and oxygen atoms in total. The monoisotopic (exact) mass is 411 g/mol.